The van der Waals surface area contributed by atoms with Crippen LogP contribution in [0.25, 0.3) is 0 Å². The minimum atomic E-state index is -0.0256. The maximum Gasteiger partial charge on any atom is 0.123 e. The zero-order chi connectivity index (χ0) is 10.6. The normalized spacial score (nSPS) is 12.2. The minimum absolute atomic E-state index is 0.0256. The lowest BCUT2D eigenvalue weighted by Crippen LogP contribution is -2.10. The van der Waals surface area contributed by atoms with Gasteiger partial charge < -0.3 is 10.5 Å². The highest BCUT2D eigenvalue weighted by Gasteiger charge is 2.10. The molecule has 0 radical (unpaired) electrons. The van der Waals surface area contributed by atoms with Gasteiger partial charge in [-0.05, 0) is 19.4 Å². The van der Waals surface area contributed by atoms with Gasteiger partial charge in [0.05, 0.1) is 7.11 Å². The van der Waals surface area contributed by atoms with Gasteiger partial charge in [0.25, 0.3) is 0 Å². The van der Waals surface area contributed by atoms with Crippen LogP contribution in [0.1, 0.15) is 23.6 Å². The summed E-state index contributed by atoms with van der Waals surface area (Å²) in [7, 11) is 1.66. The van der Waals surface area contributed by atoms with E-state index in [-0.39, 0.29) is 6.04 Å². The van der Waals surface area contributed by atoms with Gasteiger partial charge >= 0.3 is 0 Å². The Morgan fingerprint density at radius 2 is 2.29 bits per heavy atom. The molecule has 0 bridgehead atoms. The quantitative estimate of drug-likeness (QED) is 0.742. The summed E-state index contributed by atoms with van der Waals surface area (Å²) in [6.45, 7) is 5.73. The molecule has 0 aliphatic carbocycles. The van der Waals surface area contributed by atoms with E-state index in [0.717, 1.165) is 17.7 Å². The van der Waals surface area contributed by atoms with Crippen molar-refractivity contribution < 1.29 is 4.74 Å². The Hall–Kier alpha value is -1.28. The molecule has 1 aromatic carbocycles. The molecule has 1 unspecified atom stereocenters. The number of hydrogen-bond acceptors (Lipinski definition) is 2. The van der Waals surface area contributed by atoms with Crippen molar-refractivity contribution in [3.8, 4) is 5.75 Å². The van der Waals surface area contributed by atoms with E-state index in [1.54, 1.807) is 7.11 Å². The molecule has 0 spiro atoms. The number of ether oxygens (including phenoxy) is 1. The standard InChI is InChI=1S/C12H17NO/c1-4-5-11(13)10-8-9(2)6-7-12(10)14-3/h4,6-8,11H,1,5,13H2,2-3H3. The van der Waals surface area contributed by atoms with Gasteiger partial charge in [-0.15, -0.1) is 6.58 Å². The Labute approximate surface area is 85.4 Å². The van der Waals surface area contributed by atoms with Gasteiger partial charge in [0.15, 0.2) is 0 Å². The lowest BCUT2D eigenvalue weighted by atomic mass is 10.0. The Morgan fingerprint density at radius 3 is 2.86 bits per heavy atom. The second-order valence-electron chi connectivity index (χ2n) is 3.38. The summed E-state index contributed by atoms with van der Waals surface area (Å²) in [6, 6.07) is 6.01. The summed E-state index contributed by atoms with van der Waals surface area (Å²) in [5.74, 6) is 0.852. The molecular weight excluding hydrogens is 174 g/mol. The third-order valence-corrected chi connectivity index (χ3v) is 2.21. The number of benzene rings is 1. The summed E-state index contributed by atoms with van der Waals surface area (Å²) in [5, 5.41) is 0. The molecule has 2 N–H and O–H groups in total. The average Bonchev–Trinajstić information content (AvgIpc) is 2.18. The highest BCUT2D eigenvalue weighted by Crippen LogP contribution is 2.26. The molecule has 14 heavy (non-hydrogen) atoms. The van der Waals surface area contributed by atoms with E-state index in [1.807, 2.05) is 25.1 Å². The molecule has 0 amide bonds. The predicted molar refractivity (Wildman–Crippen MR) is 59.5 cm³/mol. The second-order valence-corrected chi connectivity index (χ2v) is 3.38. The van der Waals surface area contributed by atoms with Crippen molar-refractivity contribution in [3.05, 3.63) is 42.0 Å². The van der Waals surface area contributed by atoms with E-state index in [1.165, 1.54) is 5.56 Å². The maximum atomic E-state index is 6.00. The Morgan fingerprint density at radius 1 is 1.57 bits per heavy atom. The summed E-state index contributed by atoms with van der Waals surface area (Å²) < 4.78 is 5.25. The van der Waals surface area contributed by atoms with Gasteiger partial charge in [0.2, 0.25) is 0 Å². The molecule has 0 fully saturated rings. The Balaban J connectivity index is 3.02. The van der Waals surface area contributed by atoms with Crippen molar-refractivity contribution >= 4 is 0 Å². The summed E-state index contributed by atoms with van der Waals surface area (Å²) in [4.78, 5) is 0. The van der Waals surface area contributed by atoms with Crippen molar-refractivity contribution in [2.24, 2.45) is 5.73 Å². The fourth-order valence-electron chi connectivity index (χ4n) is 1.45. The SMILES string of the molecule is C=CCC(N)c1cc(C)ccc1OC. The average molecular weight is 191 g/mol. The summed E-state index contributed by atoms with van der Waals surface area (Å²) in [6.07, 6.45) is 2.59. The molecule has 0 heterocycles. The zero-order valence-corrected chi connectivity index (χ0v) is 8.79. The van der Waals surface area contributed by atoms with Gasteiger partial charge in [0, 0.05) is 11.6 Å². The molecule has 2 heteroatoms. The van der Waals surface area contributed by atoms with Crippen LogP contribution in [-0.4, -0.2) is 7.11 Å². The molecular formula is C12H17NO. The monoisotopic (exact) mass is 191 g/mol. The van der Waals surface area contributed by atoms with Gasteiger partial charge in [-0.25, -0.2) is 0 Å². The molecule has 0 aromatic heterocycles. The first-order valence-electron chi connectivity index (χ1n) is 4.70. The number of rotatable bonds is 4. The molecule has 0 saturated heterocycles. The van der Waals surface area contributed by atoms with Crippen LogP contribution in [0.4, 0.5) is 0 Å². The molecule has 1 rings (SSSR count). The van der Waals surface area contributed by atoms with Crippen LogP contribution in [0.3, 0.4) is 0 Å². The molecule has 1 atom stereocenters. The largest absolute Gasteiger partial charge is 0.496 e. The number of hydrogen-bond donors (Lipinski definition) is 1. The number of nitrogens with two attached hydrogens (primary N) is 1. The van der Waals surface area contributed by atoms with Crippen molar-refractivity contribution in [1.82, 2.24) is 0 Å². The van der Waals surface area contributed by atoms with E-state index in [9.17, 15) is 0 Å². The third kappa shape index (κ3) is 2.36. The third-order valence-electron chi connectivity index (χ3n) is 2.21. The molecule has 0 aliphatic rings. The Kier molecular flexibility index (Phi) is 3.72. The van der Waals surface area contributed by atoms with E-state index in [2.05, 4.69) is 12.6 Å². The van der Waals surface area contributed by atoms with Crippen molar-refractivity contribution in [3.63, 3.8) is 0 Å². The van der Waals surface area contributed by atoms with Gasteiger partial charge in [0.1, 0.15) is 5.75 Å². The molecule has 2 nitrogen and oxygen atoms in total. The highest BCUT2D eigenvalue weighted by molar-refractivity contribution is 5.39. The van der Waals surface area contributed by atoms with Crippen LogP contribution < -0.4 is 10.5 Å². The lowest BCUT2D eigenvalue weighted by Gasteiger charge is -2.14. The minimum Gasteiger partial charge on any atom is -0.496 e. The van der Waals surface area contributed by atoms with Crippen LogP contribution in [0.2, 0.25) is 0 Å². The van der Waals surface area contributed by atoms with E-state index >= 15 is 0 Å². The molecule has 0 aliphatic heterocycles. The zero-order valence-electron chi connectivity index (χ0n) is 8.79. The van der Waals surface area contributed by atoms with E-state index < -0.39 is 0 Å². The predicted octanol–water partition coefficient (Wildman–Crippen LogP) is 2.58. The number of aryl methyl sites for hydroxylation is 1. The van der Waals surface area contributed by atoms with Crippen molar-refractivity contribution in [2.75, 3.05) is 7.11 Å². The van der Waals surface area contributed by atoms with Gasteiger partial charge in [-0.1, -0.05) is 23.8 Å². The first-order chi connectivity index (χ1) is 6.69. The summed E-state index contributed by atoms with van der Waals surface area (Å²) in [5.41, 5.74) is 8.24. The van der Waals surface area contributed by atoms with Crippen LogP contribution in [-0.2, 0) is 0 Å². The topological polar surface area (TPSA) is 35.2 Å². The Bertz CT molecular complexity index is 320. The fraction of sp³-hybridized carbons (Fsp3) is 0.333. The van der Waals surface area contributed by atoms with E-state index in [4.69, 9.17) is 10.5 Å². The summed E-state index contributed by atoms with van der Waals surface area (Å²) >= 11 is 0. The van der Waals surface area contributed by atoms with Gasteiger partial charge in [-0.2, -0.15) is 0 Å². The first kappa shape index (κ1) is 10.8. The van der Waals surface area contributed by atoms with Crippen LogP contribution in [0, 0.1) is 6.92 Å². The van der Waals surface area contributed by atoms with E-state index in [0.29, 0.717) is 0 Å². The highest BCUT2D eigenvalue weighted by atomic mass is 16.5. The van der Waals surface area contributed by atoms with Crippen molar-refractivity contribution in [1.29, 1.82) is 0 Å². The molecule has 76 valence electrons. The molecule has 1 aromatic rings. The van der Waals surface area contributed by atoms with Gasteiger partial charge in [-0.3, -0.25) is 0 Å². The fourth-order valence-corrected chi connectivity index (χ4v) is 1.45. The second kappa shape index (κ2) is 4.82. The van der Waals surface area contributed by atoms with Crippen LogP contribution in [0.15, 0.2) is 30.9 Å². The number of methoxy groups -OCH3 is 1. The maximum absolute atomic E-state index is 6.00. The smallest absolute Gasteiger partial charge is 0.123 e. The van der Waals surface area contributed by atoms with Crippen molar-refractivity contribution in [2.45, 2.75) is 19.4 Å². The first-order valence-corrected chi connectivity index (χ1v) is 4.70. The van der Waals surface area contributed by atoms with Crippen LogP contribution >= 0.6 is 0 Å². The lowest BCUT2D eigenvalue weighted by molar-refractivity contribution is 0.405. The molecule has 0 saturated carbocycles. The van der Waals surface area contributed by atoms with Crippen LogP contribution in [0.5, 0.6) is 5.75 Å².